The maximum absolute atomic E-state index is 12.2. The molecule has 156 valence electrons. The first kappa shape index (κ1) is 21.1. The molecule has 0 aliphatic heterocycles. The third kappa shape index (κ3) is 5.47. The zero-order chi connectivity index (χ0) is 21.5. The number of nitrogens with one attached hydrogen (secondary N) is 1. The number of nitrogens with zero attached hydrogens (tertiary/aromatic N) is 3. The summed E-state index contributed by atoms with van der Waals surface area (Å²) >= 11 is 0. The van der Waals surface area contributed by atoms with Crippen LogP contribution in [0.1, 0.15) is 12.8 Å². The summed E-state index contributed by atoms with van der Waals surface area (Å²) in [6.07, 6.45) is 0.816. The fourth-order valence-electron chi connectivity index (χ4n) is 2.98. The first-order valence-electron chi connectivity index (χ1n) is 9.76. The van der Waals surface area contributed by atoms with Crippen molar-refractivity contribution in [3.05, 3.63) is 71.0 Å². The number of benzene rings is 2. The molecular weight excluding hydrogens is 380 g/mol. The lowest BCUT2D eigenvalue weighted by molar-refractivity contribution is -0.116. The first-order chi connectivity index (χ1) is 14.5. The van der Waals surface area contributed by atoms with Gasteiger partial charge in [-0.1, -0.05) is 0 Å². The van der Waals surface area contributed by atoms with Gasteiger partial charge in [0.05, 0.1) is 12.8 Å². The van der Waals surface area contributed by atoms with Crippen molar-refractivity contribution in [3.63, 3.8) is 0 Å². The first-order valence-corrected chi connectivity index (χ1v) is 9.76. The zero-order valence-electron chi connectivity index (χ0n) is 17.5. The van der Waals surface area contributed by atoms with E-state index in [1.165, 1.54) is 10.7 Å². The molecule has 0 saturated heterocycles. The van der Waals surface area contributed by atoms with E-state index in [1.54, 1.807) is 13.2 Å². The fourth-order valence-corrected chi connectivity index (χ4v) is 2.98. The predicted molar refractivity (Wildman–Crippen MR) is 119 cm³/mol. The summed E-state index contributed by atoms with van der Waals surface area (Å²) < 4.78 is 6.57. The van der Waals surface area contributed by atoms with Gasteiger partial charge in [-0.2, -0.15) is 5.10 Å². The van der Waals surface area contributed by atoms with E-state index in [4.69, 9.17) is 4.74 Å². The van der Waals surface area contributed by atoms with Gasteiger partial charge < -0.3 is 15.0 Å². The van der Waals surface area contributed by atoms with Crippen LogP contribution in [0.25, 0.3) is 11.3 Å². The zero-order valence-corrected chi connectivity index (χ0v) is 17.5. The minimum absolute atomic E-state index is 0.0908. The van der Waals surface area contributed by atoms with Crippen LogP contribution in [-0.4, -0.2) is 36.9 Å². The van der Waals surface area contributed by atoms with Crippen molar-refractivity contribution >= 4 is 17.3 Å². The Balaban J connectivity index is 1.57. The third-order valence-electron chi connectivity index (χ3n) is 4.69. The minimum atomic E-state index is -0.188. The van der Waals surface area contributed by atoms with Gasteiger partial charge in [0, 0.05) is 50.1 Å². The van der Waals surface area contributed by atoms with Crippen molar-refractivity contribution in [2.24, 2.45) is 0 Å². The van der Waals surface area contributed by atoms with E-state index in [0.29, 0.717) is 25.1 Å². The molecule has 1 N–H and O–H groups in total. The molecule has 0 radical (unpaired) electrons. The van der Waals surface area contributed by atoms with Gasteiger partial charge in [-0.05, 0) is 61.0 Å². The minimum Gasteiger partial charge on any atom is -0.497 e. The van der Waals surface area contributed by atoms with Crippen LogP contribution in [0.3, 0.4) is 0 Å². The second-order valence-electron chi connectivity index (χ2n) is 7.10. The summed E-state index contributed by atoms with van der Waals surface area (Å²) in [7, 11) is 5.54. The van der Waals surface area contributed by atoms with E-state index in [-0.39, 0.29) is 11.5 Å². The molecule has 1 amide bonds. The Labute approximate surface area is 175 Å². The number of methoxy groups -OCH3 is 1. The number of anilines is 2. The number of hydrogen-bond donors (Lipinski definition) is 1. The molecule has 0 spiro atoms. The normalized spacial score (nSPS) is 10.5. The standard InChI is InChI=1S/C23H26N4O3/c1-26(2)19-10-8-18(9-11-19)24-22(28)5-4-16-27-23(29)15-14-21(25-27)17-6-12-20(30-3)13-7-17/h6-15H,4-5,16H2,1-3H3,(H,24,28). The smallest absolute Gasteiger partial charge is 0.266 e. The molecule has 7 nitrogen and oxygen atoms in total. The second kappa shape index (κ2) is 9.73. The molecule has 3 rings (SSSR count). The summed E-state index contributed by atoms with van der Waals surface area (Å²) in [5.41, 5.74) is 3.22. The number of carbonyl (C=O) groups excluding carboxylic acids is 1. The summed E-state index contributed by atoms with van der Waals surface area (Å²) in [5.74, 6) is 0.668. The summed E-state index contributed by atoms with van der Waals surface area (Å²) in [6.45, 7) is 0.371. The Morgan fingerprint density at radius 2 is 1.73 bits per heavy atom. The Morgan fingerprint density at radius 1 is 1.03 bits per heavy atom. The number of aryl methyl sites for hydroxylation is 1. The molecule has 30 heavy (non-hydrogen) atoms. The average molecular weight is 406 g/mol. The lowest BCUT2D eigenvalue weighted by atomic mass is 10.1. The number of aromatic nitrogens is 2. The third-order valence-corrected chi connectivity index (χ3v) is 4.69. The molecule has 2 aromatic carbocycles. The molecule has 0 saturated carbocycles. The molecule has 0 aliphatic rings. The van der Waals surface area contributed by atoms with Crippen LogP contribution in [-0.2, 0) is 11.3 Å². The molecule has 0 aliphatic carbocycles. The highest BCUT2D eigenvalue weighted by Gasteiger charge is 2.07. The van der Waals surface area contributed by atoms with Crippen molar-refractivity contribution in [1.29, 1.82) is 0 Å². The molecule has 1 aromatic heterocycles. The predicted octanol–water partition coefficient (Wildman–Crippen LogP) is 3.40. The molecule has 0 unspecified atom stereocenters. The Kier molecular flexibility index (Phi) is 6.85. The van der Waals surface area contributed by atoms with Crippen molar-refractivity contribution in [3.8, 4) is 17.0 Å². The van der Waals surface area contributed by atoms with Gasteiger partial charge in [0.2, 0.25) is 5.91 Å². The maximum Gasteiger partial charge on any atom is 0.266 e. The largest absolute Gasteiger partial charge is 0.497 e. The van der Waals surface area contributed by atoms with Gasteiger partial charge in [-0.15, -0.1) is 0 Å². The van der Waals surface area contributed by atoms with Gasteiger partial charge >= 0.3 is 0 Å². The van der Waals surface area contributed by atoms with Gasteiger partial charge in [-0.3, -0.25) is 9.59 Å². The van der Waals surface area contributed by atoms with Crippen LogP contribution in [0.2, 0.25) is 0 Å². The molecular formula is C23H26N4O3. The highest BCUT2D eigenvalue weighted by molar-refractivity contribution is 5.90. The highest BCUT2D eigenvalue weighted by Crippen LogP contribution is 2.19. The van der Waals surface area contributed by atoms with Crippen LogP contribution in [0.15, 0.2) is 65.5 Å². The summed E-state index contributed by atoms with van der Waals surface area (Å²) in [6, 6.07) is 18.3. The number of hydrogen-bond acceptors (Lipinski definition) is 5. The van der Waals surface area contributed by atoms with Crippen molar-refractivity contribution < 1.29 is 9.53 Å². The van der Waals surface area contributed by atoms with Crippen molar-refractivity contribution in [2.75, 3.05) is 31.4 Å². The summed E-state index contributed by atoms with van der Waals surface area (Å²) in [4.78, 5) is 26.3. The van der Waals surface area contributed by atoms with Crippen molar-refractivity contribution in [1.82, 2.24) is 9.78 Å². The Morgan fingerprint density at radius 3 is 2.37 bits per heavy atom. The average Bonchev–Trinajstić information content (AvgIpc) is 2.75. The highest BCUT2D eigenvalue weighted by atomic mass is 16.5. The topological polar surface area (TPSA) is 76.5 Å². The SMILES string of the molecule is COc1ccc(-c2ccc(=O)n(CCCC(=O)Nc3ccc(N(C)C)cc3)n2)cc1. The summed E-state index contributed by atoms with van der Waals surface area (Å²) in [5, 5.41) is 7.31. The molecule has 0 fully saturated rings. The lowest BCUT2D eigenvalue weighted by Crippen LogP contribution is -2.23. The molecule has 7 heteroatoms. The maximum atomic E-state index is 12.2. The van der Waals surface area contributed by atoms with E-state index in [0.717, 1.165) is 22.7 Å². The van der Waals surface area contributed by atoms with Gasteiger partial charge in [-0.25, -0.2) is 4.68 Å². The molecule has 0 bridgehead atoms. The van der Waals surface area contributed by atoms with Gasteiger partial charge in [0.1, 0.15) is 5.75 Å². The van der Waals surface area contributed by atoms with Gasteiger partial charge in [0.25, 0.3) is 5.56 Å². The van der Waals surface area contributed by atoms with E-state index in [9.17, 15) is 9.59 Å². The second-order valence-corrected chi connectivity index (χ2v) is 7.10. The number of rotatable bonds is 8. The number of ether oxygens (including phenoxy) is 1. The van der Waals surface area contributed by atoms with E-state index in [2.05, 4.69) is 10.4 Å². The Bertz CT molecular complexity index is 1040. The van der Waals surface area contributed by atoms with E-state index in [1.807, 2.05) is 67.5 Å². The number of amides is 1. The Hall–Kier alpha value is -3.61. The van der Waals surface area contributed by atoms with E-state index >= 15 is 0 Å². The van der Waals surface area contributed by atoms with Crippen LogP contribution < -0.4 is 20.5 Å². The molecule has 1 heterocycles. The van der Waals surface area contributed by atoms with Gasteiger partial charge in [0.15, 0.2) is 0 Å². The van der Waals surface area contributed by atoms with Crippen LogP contribution in [0, 0.1) is 0 Å². The van der Waals surface area contributed by atoms with Crippen molar-refractivity contribution in [2.45, 2.75) is 19.4 Å². The van der Waals surface area contributed by atoms with E-state index < -0.39 is 0 Å². The lowest BCUT2D eigenvalue weighted by Gasteiger charge is -2.13. The number of carbonyl (C=O) groups is 1. The fraction of sp³-hybridized carbons (Fsp3) is 0.261. The van der Waals surface area contributed by atoms with Crippen LogP contribution in [0.4, 0.5) is 11.4 Å². The molecule has 0 atom stereocenters. The molecule has 3 aromatic rings. The quantitative estimate of drug-likeness (QED) is 0.620. The van der Waals surface area contributed by atoms with Crippen LogP contribution >= 0.6 is 0 Å². The monoisotopic (exact) mass is 406 g/mol. The van der Waals surface area contributed by atoms with Crippen LogP contribution in [0.5, 0.6) is 5.75 Å².